The molecule has 8 heteroatoms. The molecule has 2 aromatic carbocycles. The van der Waals surface area contributed by atoms with Gasteiger partial charge in [0.05, 0.1) is 15.9 Å². The standard InChI is InChI=1S/C19H22N4O3S/c1-3-12-20-27(25,26)15-9-7-8-14(13-15)18(24)22-19-21-16-10-5-6-11-17(16)23(19)4-2/h5-11,13,20H,3-4,12H2,1-2H3,(H,21,22,24). The van der Waals surface area contributed by atoms with E-state index in [1.807, 2.05) is 42.7 Å². The van der Waals surface area contributed by atoms with Crippen LogP contribution in [-0.4, -0.2) is 30.4 Å². The predicted octanol–water partition coefficient (Wildman–Crippen LogP) is 3.00. The van der Waals surface area contributed by atoms with Gasteiger partial charge in [0, 0.05) is 18.7 Å². The monoisotopic (exact) mass is 386 g/mol. The number of nitrogens with zero attached hydrogens (tertiary/aromatic N) is 2. The van der Waals surface area contributed by atoms with E-state index in [-0.39, 0.29) is 10.5 Å². The van der Waals surface area contributed by atoms with Crippen LogP contribution in [0.25, 0.3) is 11.0 Å². The molecule has 3 rings (SSSR count). The second-order valence-electron chi connectivity index (χ2n) is 6.05. The smallest absolute Gasteiger partial charge is 0.258 e. The molecule has 0 radical (unpaired) electrons. The van der Waals surface area contributed by atoms with Crippen molar-refractivity contribution in [2.45, 2.75) is 31.7 Å². The minimum atomic E-state index is -3.64. The number of hydrogen-bond donors (Lipinski definition) is 2. The maximum atomic E-state index is 12.7. The van der Waals surface area contributed by atoms with Crippen LogP contribution in [0.4, 0.5) is 5.95 Å². The van der Waals surface area contributed by atoms with Crippen molar-refractivity contribution < 1.29 is 13.2 Å². The molecular weight excluding hydrogens is 364 g/mol. The van der Waals surface area contributed by atoms with Crippen LogP contribution in [0.2, 0.25) is 0 Å². The van der Waals surface area contributed by atoms with Gasteiger partial charge in [0.25, 0.3) is 5.91 Å². The quantitative estimate of drug-likeness (QED) is 0.653. The molecule has 142 valence electrons. The van der Waals surface area contributed by atoms with Crippen molar-refractivity contribution in [2.24, 2.45) is 0 Å². The number of amides is 1. The van der Waals surface area contributed by atoms with Crippen molar-refractivity contribution in [1.29, 1.82) is 0 Å². The van der Waals surface area contributed by atoms with Gasteiger partial charge in [-0.25, -0.2) is 18.1 Å². The summed E-state index contributed by atoms with van der Waals surface area (Å²) in [6, 6.07) is 13.6. The zero-order valence-electron chi connectivity index (χ0n) is 15.3. The van der Waals surface area contributed by atoms with Crippen LogP contribution in [-0.2, 0) is 16.6 Å². The summed E-state index contributed by atoms with van der Waals surface area (Å²) >= 11 is 0. The number of rotatable bonds is 7. The first-order valence-electron chi connectivity index (χ1n) is 8.82. The fraction of sp³-hybridized carbons (Fsp3) is 0.263. The van der Waals surface area contributed by atoms with Gasteiger partial charge in [-0.2, -0.15) is 0 Å². The van der Waals surface area contributed by atoms with E-state index in [1.165, 1.54) is 12.1 Å². The topological polar surface area (TPSA) is 93.1 Å². The molecule has 0 saturated heterocycles. The highest BCUT2D eigenvalue weighted by Crippen LogP contribution is 2.20. The van der Waals surface area contributed by atoms with Crippen LogP contribution in [0.1, 0.15) is 30.6 Å². The lowest BCUT2D eigenvalue weighted by atomic mass is 10.2. The molecule has 0 unspecified atom stereocenters. The van der Waals surface area contributed by atoms with E-state index < -0.39 is 15.9 Å². The molecular formula is C19H22N4O3S. The summed E-state index contributed by atoms with van der Waals surface area (Å²) in [4.78, 5) is 17.2. The lowest BCUT2D eigenvalue weighted by Gasteiger charge is -2.09. The Morgan fingerprint density at radius 1 is 1.11 bits per heavy atom. The highest BCUT2D eigenvalue weighted by molar-refractivity contribution is 7.89. The van der Waals surface area contributed by atoms with Gasteiger partial charge >= 0.3 is 0 Å². The lowest BCUT2D eigenvalue weighted by molar-refractivity contribution is 0.102. The average Bonchev–Trinajstić information content (AvgIpc) is 3.03. The van der Waals surface area contributed by atoms with E-state index in [0.717, 1.165) is 11.0 Å². The van der Waals surface area contributed by atoms with E-state index in [4.69, 9.17) is 0 Å². The molecule has 3 aromatic rings. The number of imidazole rings is 1. The van der Waals surface area contributed by atoms with Gasteiger partial charge in [0.1, 0.15) is 0 Å². The summed E-state index contributed by atoms with van der Waals surface area (Å²) < 4.78 is 29.0. The third-order valence-electron chi connectivity index (χ3n) is 4.14. The van der Waals surface area contributed by atoms with E-state index in [0.29, 0.717) is 25.5 Å². The summed E-state index contributed by atoms with van der Waals surface area (Å²) in [5, 5.41) is 2.79. The Balaban J connectivity index is 1.88. The number of benzene rings is 2. The number of fused-ring (bicyclic) bond motifs is 1. The number of anilines is 1. The summed E-state index contributed by atoms with van der Waals surface area (Å²) in [6.45, 7) is 4.84. The Bertz CT molecular complexity index is 1070. The number of nitrogens with one attached hydrogen (secondary N) is 2. The van der Waals surface area contributed by atoms with Crippen LogP contribution in [0.5, 0.6) is 0 Å². The highest BCUT2D eigenvalue weighted by Gasteiger charge is 2.17. The second-order valence-corrected chi connectivity index (χ2v) is 7.82. The molecule has 7 nitrogen and oxygen atoms in total. The van der Waals surface area contributed by atoms with E-state index in [9.17, 15) is 13.2 Å². The van der Waals surface area contributed by atoms with Crippen LogP contribution >= 0.6 is 0 Å². The van der Waals surface area contributed by atoms with Gasteiger partial charge in [-0.05, 0) is 43.7 Å². The fourth-order valence-corrected chi connectivity index (χ4v) is 3.97. The van der Waals surface area contributed by atoms with Crippen molar-refractivity contribution in [2.75, 3.05) is 11.9 Å². The Hall–Kier alpha value is -2.71. The van der Waals surface area contributed by atoms with Crippen molar-refractivity contribution in [3.8, 4) is 0 Å². The Labute approximate surface area is 158 Å². The van der Waals surface area contributed by atoms with Crippen molar-refractivity contribution in [1.82, 2.24) is 14.3 Å². The zero-order chi connectivity index (χ0) is 19.4. The second kappa shape index (κ2) is 7.89. The Morgan fingerprint density at radius 2 is 1.89 bits per heavy atom. The molecule has 0 aliphatic rings. The number of carbonyl (C=O) groups excluding carboxylic acids is 1. The predicted molar refractivity (Wildman–Crippen MR) is 105 cm³/mol. The fourth-order valence-electron chi connectivity index (χ4n) is 2.79. The lowest BCUT2D eigenvalue weighted by Crippen LogP contribution is -2.25. The number of sulfonamides is 1. The largest absolute Gasteiger partial charge is 0.310 e. The summed E-state index contributed by atoms with van der Waals surface area (Å²) in [5.74, 6) is 0.0219. The number of aromatic nitrogens is 2. The van der Waals surface area contributed by atoms with E-state index in [2.05, 4.69) is 15.0 Å². The number of para-hydroxylation sites is 2. The molecule has 27 heavy (non-hydrogen) atoms. The third-order valence-corrected chi connectivity index (χ3v) is 5.60. The SMILES string of the molecule is CCCNS(=O)(=O)c1cccc(C(=O)Nc2nc3ccccc3n2CC)c1. The molecule has 0 fully saturated rings. The minimum Gasteiger partial charge on any atom is -0.310 e. The van der Waals surface area contributed by atoms with Gasteiger partial charge < -0.3 is 4.57 Å². The molecule has 0 atom stereocenters. The normalized spacial score (nSPS) is 11.6. The third kappa shape index (κ3) is 4.01. The molecule has 2 N–H and O–H groups in total. The maximum Gasteiger partial charge on any atom is 0.258 e. The molecule has 0 bridgehead atoms. The first-order chi connectivity index (χ1) is 13.0. The van der Waals surface area contributed by atoms with Crippen LogP contribution < -0.4 is 10.0 Å². The highest BCUT2D eigenvalue weighted by atomic mass is 32.2. The first-order valence-corrected chi connectivity index (χ1v) is 10.3. The number of hydrogen-bond acceptors (Lipinski definition) is 4. The summed E-state index contributed by atoms with van der Waals surface area (Å²) in [7, 11) is -3.64. The first kappa shape index (κ1) is 19.1. The average molecular weight is 386 g/mol. The molecule has 0 aliphatic heterocycles. The van der Waals surface area contributed by atoms with Gasteiger partial charge in [0.2, 0.25) is 16.0 Å². The molecule has 1 heterocycles. The summed E-state index contributed by atoms with van der Waals surface area (Å²) in [6.07, 6.45) is 0.687. The summed E-state index contributed by atoms with van der Waals surface area (Å²) in [5.41, 5.74) is 1.97. The number of aryl methyl sites for hydroxylation is 1. The minimum absolute atomic E-state index is 0.0626. The van der Waals surface area contributed by atoms with Crippen molar-refractivity contribution in [3.05, 3.63) is 54.1 Å². The van der Waals surface area contributed by atoms with Crippen molar-refractivity contribution >= 4 is 32.9 Å². The van der Waals surface area contributed by atoms with Crippen molar-refractivity contribution in [3.63, 3.8) is 0 Å². The molecule has 0 aliphatic carbocycles. The van der Waals surface area contributed by atoms with Crippen LogP contribution in [0, 0.1) is 0 Å². The molecule has 0 spiro atoms. The van der Waals surface area contributed by atoms with Gasteiger partial charge in [-0.3, -0.25) is 10.1 Å². The molecule has 1 aromatic heterocycles. The molecule has 1 amide bonds. The Kier molecular flexibility index (Phi) is 5.57. The van der Waals surface area contributed by atoms with E-state index >= 15 is 0 Å². The van der Waals surface area contributed by atoms with Gasteiger partial charge in [-0.1, -0.05) is 25.1 Å². The maximum absolute atomic E-state index is 12.7. The van der Waals surface area contributed by atoms with Crippen LogP contribution in [0.3, 0.4) is 0 Å². The van der Waals surface area contributed by atoms with Gasteiger partial charge in [-0.15, -0.1) is 0 Å². The zero-order valence-corrected chi connectivity index (χ0v) is 16.1. The van der Waals surface area contributed by atoms with Gasteiger partial charge in [0.15, 0.2) is 0 Å². The number of carbonyl (C=O) groups is 1. The Morgan fingerprint density at radius 3 is 2.63 bits per heavy atom. The van der Waals surface area contributed by atoms with Crippen LogP contribution in [0.15, 0.2) is 53.4 Å². The molecule has 0 saturated carbocycles. The van der Waals surface area contributed by atoms with E-state index in [1.54, 1.807) is 12.1 Å².